The van der Waals surface area contributed by atoms with Crippen LogP contribution in [0.5, 0.6) is 0 Å². The summed E-state index contributed by atoms with van der Waals surface area (Å²) >= 11 is -0.507. The Balaban J connectivity index is 1.57. The molecule has 0 spiro atoms. The second kappa shape index (κ2) is 10.1. The molecule has 0 saturated heterocycles. The van der Waals surface area contributed by atoms with E-state index in [4.69, 9.17) is 4.55 Å². The quantitative estimate of drug-likeness (QED) is 0.226. The lowest BCUT2D eigenvalue weighted by Crippen LogP contribution is -2.28. The van der Waals surface area contributed by atoms with E-state index in [1.54, 1.807) is 29.6 Å². The third-order valence-corrected chi connectivity index (χ3v) is 7.35. The lowest BCUT2D eigenvalue weighted by molar-refractivity contribution is 0.0967. The third kappa shape index (κ3) is 4.81. The van der Waals surface area contributed by atoms with Gasteiger partial charge in [-0.25, -0.2) is 13.3 Å². The SMILES string of the molecule is O=C(Cn1ncc(-c2ccc(CS(=O)O)cc2)c(-c2ccc(F)cc2)c1=O)c1csc2ccccc12. The molecule has 0 aliphatic heterocycles. The van der Waals surface area contributed by atoms with Gasteiger partial charge in [-0.15, -0.1) is 11.3 Å². The molecule has 1 unspecified atom stereocenters. The molecule has 0 radical (unpaired) electrons. The molecule has 0 aliphatic carbocycles. The van der Waals surface area contributed by atoms with Crippen molar-refractivity contribution in [3.05, 3.63) is 112 Å². The zero-order valence-electron chi connectivity index (χ0n) is 18.8. The van der Waals surface area contributed by atoms with Crippen molar-refractivity contribution in [1.29, 1.82) is 0 Å². The van der Waals surface area contributed by atoms with Gasteiger partial charge in [-0.2, -0.15) is 5.10 Å². The molecular weight excluding hydrogens is 499 g/mol. The Hall–Kier alpha value is -3.79. The first-order valence-electron chi connectivity index (χ1n) is 10.9. The van der Waals surface area contributed by atoms with Crippen LogP contribution in [0.1, 0.15) is 15.9 Å². The number of benzene rings is 3. The molecule has 180 valence electrons. The van der Waals surface area contributed by atoms with Gasteiger partial charge >= 0.3 is 0 Å². The maximum absolute atomic E-state index is 13.6. The molecule has 3 aromatic carbocycles. The normalized spacial score (nSPS) is 12.1. The van der Waals surface area contributed by atoms with Gasteiger partial charge in [0, 0.05) is 26.6 Å². The molecule has 0 fully saturated rings. The molecular formula is C27H19FN2O4S2. The maximum Gasteiger partial charge on any atom is 0.275 e. The van der Waals surface area contributed by atoms with Crippen LogP contribution in [0.15, 0.2) is 89.2 Å². The first-order valence-corrected chi connectivity index (χ1v) is 13.1. The van der Waals surface area contributed by atoms with Gasteiger partial charge in [0.25, 0.3) is 5.56 Å². The summed E-state index contributed by atoms with van der Waals surface area (Å²) in [5, 5.41) is 6.90. The largest absolute Gasteiger partial charge is 0.306 e. The summed E-state index contributed by atoms with van der Waals surface area (Å²) in [5.41, 5.74) is 2.66. The number of halogens is 1. The second-order valence-corrected chi connectivity index (χ2v) is 9.98. The first kappa shape index (κ1) is 23.9. The van der Waals surface area contributed by atoms with E-state index in [0.717, 1.165) is 14.8 Å². The first-order chi connectivity index (χ1) is 17.4. The molecule has 2 heterocycles. The standard InChI is InChI=1S/C27H19FN2O4S2/c28-20-11-9-19(10-12-20)26-22(18-7-5-17(6-8-18)16-36(33)34)13-29-30(27(26)32)14-24(31)23-15-35-25-4-2-1-3-21(23)25/h1-13,15H,14,16H2,(H,33,34). The van der Waals surface area contributed by atoms with Crippen LogP contribution in [0.25, 0.3) is 32.3 Å². The van der Waals surface area contributed by atoms with Crippen LogP contribution >= 0.6 is 11.3 Å². The number of nitrogens with zero attached hydrogens (tertiary/aromatic N) is 2. The van der Waals surface area contributed by atoms with E-state index >= 15 is 0 Å². The number of ketones is 1. The Morgan fingerprint density at radius 2 is 1.69 bits per heavy atom. The van der Waals surface area contributed by atoms with Gasteiger partial charge in [0.15, 0.2) is 16.9 Å². The van der Waals surface area contributed by atoms with Gasteiger partial charge in [-0.05, 0) is 34.9 Å². The molecule has 5 rings (SSSR count). The molecule has 1 N–H and O–H groups in total. The predicted octanol–water partition coefficient (Wildman–Crippen LogP) is 5.54. The van der Waals surface area contributed by atoms with E-state index < -0.39 is 22.5 Å². The van der Waals surface area contributed by atoms with Gasteiger partial charge < -0.3 is 4.55 Å². The van der Waals surface area contributed by atoms with Crippen molar-refractivity contribution in [3.63, 3.8) is 0 Å². The molecule has 9 heteroatoms. The Morgan fingerprint density at radius 1 is 1.00 bits per heavy atom. The summed E-state index contributed by atoms with van der Waals surface area (Å²) < 4.78 is 36.0. The average molecular weight is 519 g/mol. The van der Waals surface area contributed by atoms with Crippen LogP contribution < -0.4 is 5.56 Å². The van der Waals surface area contributed by atoms with Crippen LogP contribution in [0, 0.1) is 5.82 Å². The molecule has 6 nitrogen and oxygen atoms in total. The maximum atomic E-state index is 13.6. The van der Waals surface area contributed by atoms with Crippen molar-refractivity contribution in [2.75, 3.05) is 0 Å². The van der Waals surface area contributed by atoms with Crippen molar-refractivity contribution in [2.24, 2.45) is 0 Å². The smallest absolute Gasteiger partial charge is 0.275 e. The van der Waals surface area contributed by atoms with E-state index in [9.17, 15) is 18.2 Å². The van der Waals surface area contributed by atoms with E-state index in [0.29, 0.717) is 27.8 Å². The summed E-state index contributed by atoms with van der Waals surface area (Å²) in [6.45, 7) is -0.241. The van der Waals surface area contributed by atoms with Crippen molar-refractivity contribution in [2.45, 2.75) is 12.3 Å². The summed E-state index contributed by atoms with van der Waals surface area (Å²) in [5.74, 6) is -0.679. The lowest BCUT2D eigenvalue weighted by atomic mass is 9.96. The van der Waals surface area contributed by atoms with E-state index in [1.165, 1.54) is 41.8 Å². The van der Waals surface area contributed by atoms with E-state index in [1.807, 2.05) is 24.3 Å². The van der Waals surface area contributed by atoms with E-state index in [-0.39, 0.29) is 23.6 Å². The van der Waals surface area contributed by atoms with Gasteiger partial charge in [0.2, 0.25) is 0 Å². The zero-order chi connectivity index (χ0) is 25.2. The highest BCUT2D eigenvalue weighted by Crippen LogP contribution is 2.30. The Kier molecular flexibility index (Phi) is 6.69. The number of aromatic nitrogens is 2. The van der Waals surface area contributed by atoms with Crippen LogP contribution in [0.4, 0.5) is 4.39 Å². The fourth-order valence-electron chi connectivity index (χ4n) is 4.05. The summed E-state index contributed by atoms with van der Waals surface area (Å²) in [7, 11) is 0. The van der Waals surface area contributed by atoms with Gasteiger partial charge in [0.1, 0.15) is 12.4 Å². The monoisotopic (exact) mass is 518 g/mol. The third-order valence-electron chi connectivity index (χ3n) is 5.81. The fraction of sp³-hybridized carbons (Fsp3) is 0.0741. The molecule has 1 atom stereocenters. The number of hydrogen-bond donors (Lipinski definition) is 1. The number of rotatable bonds is 7. The molecule has 0 aliphatic rings. The van der Waals surface area contributed by atoms with Crippen molar-refractivity contribution in [1.82, 2.24) is 9.78 Å². The van der Waals surface area contributed by atoms with Crippen LogP contribution in [0.2, 0.25) is 0 Å². The Morgan fingerprint density at radius 3 is 2.42 bits per heavy atom. The zero-order valence-corrected chi connectivity index (χ0v) is 20.4. The topological polar surface area (TPSA) is 89.3 Å². The summed E-state index contributed by atoms with van der Waals surface area (Å²) in [6.07, 6.45) is 1.51. The van der Waals surface area contributed by atoms with Crippen LogP contribution in [-0.4, -0.2) is 24.3 Å². The molecule has 0 bridgehead atoms. The number of carbonyl (C=O) groups is 1. The number of carbonyl (C=O) groups excluding carboxylic acids is 1. The molecule has 0 amide bonds. The number of thiophene rings is 1. The highest BCUT2D eigenvalue weighted by atomic mass is 32.2. The minimum atomic E-state index is -1.97. The van der Waals surface area contributed by atoms with Crippen LogP contribution in [0.3, 0.4) is 0 Å². The molecule has 2 aromatic heterocycles. The second-order valence-electron chi connectivity index (χ2n) is 8.13. The van der Waals surface area contributed by atoms with Gasteiger partial charge in [-0.3, -0.25) is 9.59 Å². The van der Waals surface area contributed by atoms with Crippen molar-refractivity contribution >= 4 is 38.3 Å². The number of Topliss-reactive ketones (excluding diaryl/α,β-unsaturated/α-hetero) is 1. The summed E-state index contributed by atoms with van der Waals surface area (Å²) in [4.78, 5) is 26.7. The number of fused-ring (bicyclic) bond motifs is 1. The van der Waals surface area contributed by atoms with Crippen molar-refractivity contribution in [3.8, 4) is 22.3 Å². The minimum absolute atomic E-state index is 0.00960. The van der Waals surface area contributed by atoms with Gasteiger partial charge in [-0.1, -0.05) is 54.6 Å². The molecule has 36 heavy (non-hydrogen) atoms. The predicted molar refractivity (Wildman–Crippen MR) is 140 cm³/mol. The molecule has 5 aromatic rings. The minimum Gasteiger partial charge on any atom is -0.306 e. The highest BCUT2D eigenvalue weighted by molar-refractivity contribution is 7.78. The summed E-state index contributed by atoms with van der Waals surface area (Å²) in [6, 6.07) is 20.0. The highest BCUT2D eigenvalue weighted by Gasteiger charge is 2.19. The van der Waals surface area contributed by atoms with Crippen molar-refractivity contribution < 1.29 is 17.9 Å². The van der Waals surface area contributed by atoms with E-state index in [2.05, 4.69) is 5.10 Å². The number of hydrogen-bond acceptors (Lipinski definition) is 5. The average Bonchev–Trinajstić information content (AvgIpc) is 3.30. The Labute approximate surface area is 212 Å². The van der Waals surface area contributed by atoms with Gasteiger partial charge in [0.05, 0.1) is 17.5 Å². The Bertz CT molecular complexity index is 1660. The van der Waals surface area contributed by atoms with Crippen LogP contribution in [-0.2, 0) is 23.4 Å². The molecule has 0 saturated carbocycles. The lowest BCUT2D eigenvalue weighted by Gasteiger charge is -2.13. The fourth-order valence-corrected chi connectivity index (χ4v) is 5.50.